The van der Waals surface area contributed by atoms with Crippen LogP contribution in [0.15, 0.2) is 36.7 Å². The molecule has 0 spiro atoms. The minimum Gasteiger partial charge on any atom is -0.339 e. The zero-order valence-electron chi connectivity index (χ0n) is 13.1. The van der Waals surface area contributed by atoms with Crippen molar-refractivity contribution in [1.29, 1.82) is 0 Å². The number of anilines is 3. The van der Waals surface area contributed by atoms with Gasteiger partial charge in [0.1, 0.15) is 5.82 Å². The first kappa shape index (κ1) is 14.8. The highest BCUT2D eigenvalue weighted by molar-refractivity contribution is 6.06. The molecule has 3 rings (SSSR count). The Morgan fingerprint density at radius 1 is 1.17 bits per heavy atom. The Kier molecular flexibility index (Phi) is 3.80. The van der Waals surface area contributed by atoms with E-state index < -0.39 is 0 Å². The largest absolute Gasteiger partial charge is 0.339 e. The SMILES string of the molecule is Cc1ccc(Nc2ccnn2C)c(C(=O)Nc2ccn(C)n2)n1. The van der Waals surface area contributed by atoms with Gasteiger partial charge in [-0.05, 0) is 19.1 Å². The van der Waals surface area contributed by atoms with Crippen LogP contribution in [0.1, 0.15) is 16.2 Å². The molecule has 3 aromatic rings. The molecule has 23 heavy (non-hydrogen) atoms. The summed E-state index contributed by atoms with van der Waals surface area (Å²) in [6, 6.07) is 7.21. The van der Waals surface area contributed by atoms with E-state index in [0.717, 1.165) is 11.5 Å². The summed E-state index contributed by atoms with van der Waals surface area (Å²) in [5.74, 6) is 0.923. The number of hydrogen-bond acceptors (Lipinski definition) is 5. The van der Waals surface area contributed by atoms with Crippen molar-refractivity contribution in [2.24, 2.45) is 14.1 Å². The van der Waals surface area contributed by atoms with E-state index in [9.17, 15) is 4.79 Å². The molecule has 0 saturated carbocycles. The van der Waals surface area contributed by atoms with E-state index in [4.69, 9.17) is 0 Å². The summed E-state index contributed by atoms with van der Waals surface area (Å²) >= 11 is 0. The third-order valence-electron chi connectivity index (χ3n) is 3.29. The van der Waals surface area contributed by atoms with E-state index in [1.165, 1.54) is 0 Å². The van der Waals surface area contributed by atoms with E-state index in [1.54, 1.807) is 34.9 Å². The molecule has 118 valence electrons. The molecule has 0 aromatic carbocycles. The van der Waals surface area contributed by atoms with Gasteiger partial charge < -0.3 is 10.6 Å². The van der Waals surface area contributed by atoms with Crippen LogP contribution in [-0.2, 0) is 14.1 Å². The second kappa shape index (κ2) is 5.91. The number of hydrogen-bond donors (Lipinski definition) is 2. The molecule has 3 aromatic heterocycles. The minimum absolute atomic E-state index is 0.303. The number of carbonyl (C=O) groups excluding carboxylic acids is 1. The number of pyridine rings is 1. The van der Waals surface area contributed by atoms with Crippen LogP contribution in [0.3, 0.4) is 0 Å². The summed E-state index contributed by atoms with van der Waals surface area (Å²) in [5, 5.41) is 14.2. The maximum Gasteiger partial charge on any atom is 0.277 e. The van der Waals surface area contributed by atoms with Gasteiger partial charge in [0.15, 0.2) is 11.5 Å². The highest BCUT2D eigenvalue weighted by Crippen LogP contribution is 2.20. The first-order valence-corrected chi connectivity index (χ1v) is 7.06. The number of carbonyl (C=O) groups is 1. The van der Waals surface area contributed by atoms with Gasteiger partial charge >= 0.3 is 0 Å². The average molecular weight is 311 g/mol. The summed E-state index contributed by atoms with van der Waals surface area (Å²) in [4.78, 5) is 16.9. The van der Waals surface area contributed by atoms with E-state index in [0.29, 0.717) is 17.2 Å². The predicted molar refractivity (Wildman–Crippen MR) is 86.6 cm³/mol. The molecule has 0 aliphatic carbocycles. The quantitative estimate of drug-likeness (QED) is 0.767. The molecule has 0 saturated heterocycles. The highest BCUT2D eigenvalue weighted by atomic mass is 16.2. The van der Waals surface area contributed by atoms with Crippen LogP contribution < -0.4 is 10.6 Å². The zero-order chi connectivity index (χ0) is 16.4. The third kappa shape index (κ3) is 3.20. The fraction of sp³-hybridized carbons (Fsp3) is 0.200. The van der Waals surface area contributed by atoms with E-state index in [2.05, 4.69) is 25.8 Å². The molecule has 0 bridgehead atoms. The van der Waals surface area contributed by atoms with Crippen LogP contribution in [0.2, 0.25) is 0 Å². The molecule has 8 nitrogen and oxygen atoms in total. The Labute approximate surface area is 133 Å². The Hall–Kier alpha value is -3.16. The summed E-state index contributed by atoms with van der Waals surface area (Å²) in [6.07, 6.45) is 3.44. The molecule has 0 aliphatic rings. The number of nitrogens with one attached hydrogen (secondary N) is 2. The smallest absolute Gasteiger partial charge is 0.277 e. The average Bonchev–Trinajstić information content (AvgIpc) is 3.10. The molecule has 2 N–H and O–H groups in total. The molecule has 1 amide bonds. The van der Waals surface area contributed by atoms with E-state index >= 15 is 0 Å². The minimum atomic E-state index is -0.322. The maximum absolute atomic E-state index is 12.5. The molecule has 0 unspecified atom stereocenters. The summed E-state index contributed by atoms with van der Waals surface area (Å²) in [7, 11) is 3.60. The Morgan fingerprint density at radius 3 is 2.65 bits per heavy atom. The van der Waals surface area contributed by atoms with Crippen molar-refractivity contribution in [3.8, 4) is 0 Å². The van der Waals surface area contributed by atoms with Crippen molar-refractivity contribution in [1.82, 2.24) is 24.5 Å². The van der Waals surface area contributed by atoms with Gasteiger partial charge in [0.25, 0.3) is 5.91 Å². The van der Waals surface area contributed by atoms with Gasteiger partial charge in [0.05, 0.1) is 11.9 Å². The van der Waals surface area contributed by atoms with E-state index in [1.807, 2.05) is 32.2 Å². The van der Waals surface area contributed by atoms with Gasteiger partial charge in [-0.2, -0.15) is 10.2 Å². The predicted octanol–water partition coefficient (Wildman–Crippen LogP) is 1.85. The van der Waals surface area contributed by atoms with Crippen molar-refractivity contribution in [2.45, 2.75) is 6.92 Å². The van der Waals surface area contributed by atoms with Crippen molar-refractivity contribution < 1.29 is 4.79 Å². The highest BCUT2D eigenvalue weighted by Gasteiger charge is 2.16. The van der Waals surface area contributed by atoms with Gasteiger partial charge in [-0.3, -0.25) is 14.2 Å². The fourth-order valence-electron chi connectivity index (χ4n) is 2.12. The van der Waals surface area contributed by atoms with Crippen molar-refractivity contribution in [3.63, 3.8) is 0 Å². The number of rotatable bonds is 4. The zero-order valence-corrected chi connectivity index (χ0v) is 13.1. The van der Waals surface area contributed by atoms with E-state index in [-0.39, 0.29) is 5.91 Å². The molecule has 0 atom stereocenters. The lowest BCUT2D eigenvalue weighted by Gasteiger charge is -2.11. The number of aromatic nitrogens is 5. The topological polar surface area (TPSA) is 89.7 Å². The van der Waals surface area contributed by atoms with Crippen molar-refractivity contribution in [2.75, 3.05) is 10.6 Å². The fourth-order valence-corrected chi connectivity index (χ4v) is 2.12. The first-order valence-electron chi connectivity index (χ1n) is 7.06. The number of nitrogens with zero attached hydrogens (tertiary/aromatic N) is 5. The molecule has 0 radical (unpaired) electrons. The van der Waals surface area contributed by atoms with Crippen molar-refractivity contribution in [3.05, 3.63) is 48.0 Å². The van der Waals surface area contributed by atoms with Crippen LogP contribution in [0, 0.1) is 6.92 Å². The van der Waals surface area contributed by atoms with Gasteiger partial charge in [-0.1, -0.05) is 0 Å². The normalized spacial score (nSPS) is 10.6. The van der Waals surface area contributed by atoms with Crippen LogP contribution in [0.5, 0.6) is 0 Å². The maximum atomic E-state index is 12.5. The first-order chi connectivity index (χ1) is 11.0. The molecule has 3 heterocycles. The van der Waals surface area contributed by atoms with Gasteiger partial charge in [-0.15, -0.1) is 0 Å². The number of amides is 1. The molecular weight excluding hydrogens is 294 g/mol. The van der Waals surface area contributed by atoms with Crippen LogP contribution in [0.25, 0.3) is 0 Å². The number of aryl methyl sites for hydroxylation is 3. The Balaban J connectivity index is 1.89. The lowest BCUT2D eigenvalue weighted by Crippen LogP contribution is -2.17. The third-order valence-corrected chi connectivity index (χ3v) is 3.29. The summed E-state index contributed by atoms with van der Waals surface area (Å²) in [5.41, 5.74) is 1.66. The van der Waals surface area contributed by atoms with Gasteiger partial charge in [0.2, 0.25) is 0 Å². The Bertz CT molecular complexity index is 849. The standard InChI is InChI=1S/C15H17N7O/c1-10-4-5-11(18-13-6-8-16-22(13)3)14(17-10)15(23)19-12-7-9-21(2)20-12/h4-9,18H,1-3H3,(H,19,20,23). The summed E-state index contributed by atoms with van der Waals surface area (Å²) < 4.78 is 3.30. The lowest BCUT2D eigenvalue weighted by molar-refractivity contribution is 0.102. The Morgan fingerprint density at radius 2 is 2.00 bits per heavy atom. The van der Waals surface area contributed by atoms with Gasteiger partial charge in [-0.25, -0.2) is 4.98 Å². The second-order valence-electron chi connectivity index (χ2n) is 5.14. The van der Waals surface area contributed by atoms with Gasteiger partial charge in [0, 0.05) is 38.1 Å². The van der Waals surface area contributed by atoms with Crippen molar-refractivity contribution >= 4 is 23.2 Å². The molecule has 0 fully saturated rings. The monoisotopic (exact) mass is 311 g/mol. The lowest BCUT2D eigenvalue weighted by atomic mass is 10.2. The molecular formula is C15H17N7O. The summed E-state index contributed by atoms with van der Waals surface area (Å²) in [6.45, 7) is 1.84. The van der Waals surface area contributed by atoms with Crippen LogP contribution >= 0.6 is 0 Å². The second-order valence-corrected chi connectivity index (χ2v) is 5.14. The van der Waals surface area contributed by atoms with Crippen LogP contribution in [0.4, 0.5) is 17.3 Å². The molecule has 0 aliphatic heterocycles. The molecule has 8 heteroatoms. The van der Waals surface area contributed by atoms with Crippen LogP contribution in [-0.4, -0.2) is 30.5 Å².